The number of amides is 2. The van der Waals surface area contributed by atoms with Crippen LogP contribution < -0.4 is 11.1 Å². The number of hydrogen-bond donors (Lipinski definition) is 2. The number of hydrogen-bond acceptors (Lipinski definition) is 5. The average molecular weight is 485 g/mol. The third-order valence-electron chi connectivity index (χ3n) is 6.68. The van der Waals surface area contributed by atoms with Gasteiger partial charge in [0.1, 0.15) is 0 Å². The van der Waals surface area contributed by atoms with E-state index in [0.717, 1.165) is 36.8 Å². The van der Waals surface area contributed by atoms with E-state index in [1.54, 1.807) is 28.3 Å². The standard InChI is InChI=1S/C25H32N4O4S/c1-18-10-11-21(15-23(18)34(32,33)29-12-6-2-3-7-13-29)27-24(30)17-28-16-20-9-5-4-8-19(20)14-22(28)25(26)31/h4-5,8-11,15,22H,2-3,6-7,12-14,16-17H2,1H3,(H2,26,31)(H,27,30). The van der Waals surface area contributed by atoms with Crippen LogP contribution in [0.2, 0.25) is 0 Å². The van der Waals surface area contributed by atoms with Gasteiger partial charge in [0.15, 0.2) is 0 Å². The first-order valence-corrected chi connectivity index (χ1v) is 13.2. The van der Waals surface area contributed by atoms with Gasteiger partial charge >= 0.3 is 0 Å². The molecule has 1 saturated heterocycles. The van der Waals surface area contributed by atoms with Crippen molar-refractivity contribution in [3.05, 3.63) is 59.2 Å². The van der Waals surface area contributed by atoms with Crippen molar-refractivity contribution in [2.45, 2.75) is 56.5 Å². The van der Waals surface area contributed by atoms with E-state index in [2.05, 4.69) is 5.32 Å². The van der Waals surface area contributed by atoms with Gasteiger partial charge in [-0.2, -0.15) is 4.31 Å². The lowest BCUT2D eigenvalue weighted by Crippen LogP contribution is -2.50. The molecule has 2 aliphatic heterocycles. The van der Waals surface area contributed by atoms with Gasteiger partial charge in [-0.25, -0.2) is 8.42 Å². The van der Waals surface area contributed by atoms with E-state index in [0.29, 0.717) is 37.3 Å². The third-order valence-corrected chi connectivity index (χ3v) is 8.72. The van der Waals surface area contributed by atoms with Gasteiger partial charge in [-0.15, -0.1) is 0 Å². The fourth-order valence-corrected chi connectivity index (χ4v) is 6.55. The molecular formula is C25H32N4O4S. The van der Waals surface area contributed by atoms with Crippen molar-refractivity contribution in [3.63, 3.8) is 0 Å². The first-order chi connectivity index (χ1) is 16.3. The molecule has 8 nitrogen and oxygen atoms in total. The largest absolute Gasteiger partial charge is 0.368 e. The molecule has 9 heteroatoms. The van der Waals surface area contributed by atoms with Crippen LogP contribution in [-0.4, -0.2) is 55.1 Å². The molecule has 3 N–H and O–H groups in total. The van der Waals surface area contributed by atoms with Crippen LogP contribution in [-0.2, 0) is 32.6 Å². The van der Waals surface area contributed by atoms with Crippen LogP contribution in [0.4, 0.5) is 5.69 Å². The quantitative estimate of drug-likeness (QED) is 0.654. The van der Waals surface area contributed by atoms with Crippen molar-refractivity contribution in [1.82, 2.24) is 9.21 Å². The van der Waals surface area contributed by atoms with Crippen LogP contribution in [0.25, 0.3) is 0 Å². The Bertz CT molecular complexity index is 1170. The molecule has 4 rings (SSSR count). The first kappa shape index (κ1) is 24.4. The summed E-state index contributed by atoms with van der Waals surface area (Å²) in [6.45, 7) is 3.22. The van der Waals surface area contributed by atoms with Gasteiger partial charge in [0.25, 0.3) is 0 Å². The summed E-state index contributed by atoms with van der Waals surface area (Å²) in [5, 5.41) is 2.81. The zero-order chi connectivity index (χ0) is 24.3. The molecule has 182 valence electrons. The summed E-state index contributed by atoms with van der Waals surface area (Å²) in [7, 11) is -3.64. The monoisotopic (exact) mass is 484 g/mol. The van der Waals surface area contributed by atoms with Crippen molar-refractivity contribution in [2.75, 3.05) is 25.0 Å². The minimum Gasteiger partial charge on any atom is -0.368 e. The Labute approximate surface area is 201 Å². The lowest BCUT2D eigenvalue weighted by molar-refractivity contribution is -0.125. The van der Waals surface area contributed by atoms with Gasteiger partial charge in [0.05, 0.1) is 17.5 Å². The predicted molar refractivity (Wildman–Crippen MR) is 131 cm³/mol. The van der Waals surface area contributed by atoms with Crippen LogP contribution in [0, 0.1) is 6.92 Å². The molecule has 0 radical (unpaired) electrons. The van der Waals surface area contributed by atoms with Gasteiger partial charge in [-0.05, 0) is 55.0 Å². The summed E-state index contributed by atoms with van der Waals surface area (Å²) < 4.78 is 28.2. The molecule has 1 unspecified atom stereocenters. The summed E-state index contributed by atoms with van der Waals surface area (Å²) in [4.78, 5) is 26.9. The fraction of sp³-hybridized carbons (Fsp3) is 0.440. The summed E-state index contributed by atoms with van der Waals surface area (Å²) in [5.41, 5.74) is 8.81. The van der Waals surface area contributed by atoms with Gasteiger partial charge in [-0.3, -0.25) is 14.5 Å². The molecule has 2 heterocycles. The minimum atomic E-state index is -3.64. The van der Waals surface area contributed by atoms with Crippen LogP contribution in [0.5, 0.6) is 0 Å². The maximum Gasteiger partial charge on any atom is 0.243 e. The van der Waals surface area contributed by atoms with Crippen LogP contribution in [0.1, 0.15) is 42.4 Å². The number of sulfonamides is 1. The van der Waals surface area contributed by atoms with E-state index in [-0.39, 0.29) is 17.3 Å². The smallest absolute Gasteiger partial charge is 0.243 e. The van der Waals surface area contributed by atoms with E-state index in [9.17, 15) is 18.0 Å². The number of anilines is 1. The SMILES string of the molecule is Cc1ccc(NC(=O)CN2Cc3ccccc3CC2C(N)=O)cc1S(=O)(=O)N1CCCCCC1. The molecule has 0 spiro atoms. The zero-order valence-electron chi connectivity index (χ0n) is 19.5. The molecule has 0 saturated carbocycles. The highest BCUT2D eigenvalue weighted by molar-refractivity contribution is 7.89. The molecule has 2 amide bonds. The zero-order valence-corrected chi connectivity index (χ0v) is 20.3. The Balaban J connectivity index is 1.49. The summed E-state index contributed by atoms with van der Waals surface area (Å²) in [6, 6.07) is 12.2. The van der Waals surface area contributed by atoms with Gasteiger partial charge in [0, 0.05) is 25.3 Å². The first-order valence-electron chi connectivity index (χ1n) is 11.8. The summed E-state index contributed by atoms with van der Waals surface area (Å²) >= 11 is 0. The van der Waals surface area contributed by atoms with Crippen molar-refractivity contribution >= 4 is 27.5 Å². The Kier molecular flexibility index (Phi) is 7.35. The number of carbonyl (C=O) groups excluding carboxylic acids is 2. The minimum absolute atomic E-state index is 0.0238. The highest BCUT2D eigenvalue weighted by Gasteiger charge is 2.31. The highest BCUT2D eigenvalue weighted by Crippen LogP contribution is 2.27. The van der Waals surface area contributed by atoms with Crippen LogP contribution >= 0.6 is 0 Å². The fourth-order valence-electron chi connectivity index (χ4n) is 4.79. The molecule has 34 heavy (non-hydrogen) atoms. The van der Waals surface area contributed by atoms with Gasteiger partial charge in [-0.1, -0.05) is 43.2 Å². The number of nitrogens with one attached hydrogen (secondary N) is 1. The second-order valence-corrected chi connectivity index (χ2v) is 11.0. The maximum absolute atomic E-state index is 13.3. The molecule has 2 aromatic rings. The van der Waals surface area contributed by atoms with Crippen LogP contribution in [0.15, 0.2) is 47.4 Å². The third kappa shape index (κ3) is 5.32. The van der Waals surface area contributed by atoms with Crippen molar-refractivity contribution < 1.29 is 18.0 Å². The number of rotatable bonds is 6. The Morgan fingerprint density at radius 3 is 2.38 bits per heavy atom. The molecule has 2 aliphatic rings. The second-order valence-electron chi connectivity index (χ2n) is 9.14. The van der Waals surface area contributed by atoms with Gasteiger partial charge < -0.3 is 11.1 Å². The number of fused-ring (bicyclic) bond motifs is 1. The molecule has 1 atom stereocenters. The molecule has 1 fully saturated rings. The average Bonchev–Trinajstić information content (AvgIpc) is 3.10. The predicted octanol–water partition coefficient (Wildman–Crippen LogP) is 2.41. The molecule has 0 bridgehead atoms. The summed E-state index contributed by atoms with van der Waals surface area (Å²) in [5.74, 6) is -0.795. The lowest BCUT2D eigenvalue weighted by Gasteiger charge is -2.34. The topological polar surface area (TPSA) is 113 Å². The summed E-state index contributed by atoms with van der Waals surface area (Å²) in [6.07, 6.45) is 4.24. The maximum atomic E-state index is 13.3. The number of benzene rings is 2. The number of nitrogens with zero attached hydrogens (tertiary/aromatic N) is 2. The Morgan fingerprint density at radius 2 is 1.71 bits per heavy atom. The van der Waals surface area contributed by atoms with Crippen molar-refractivity contribution in [1.29, 1.82) is 0 Å². The Morgan fingerprint density at radius 1 is 1.03 bits per heavy atom. The number of carbonyl (C=O) groups is 2. The van der Waals surface area contributed by atoms with Crippen molar-refractivity contribution in [3.8, 4) is 0 Å². The van der Waals surface area contributed by atoms with Crippen LogP contribution in [0.3, 0.4) is 0 Å². The van der Waals surface area contributed by atoms with E-state index >= 15 is 0 Å². The number of primary amides is 1. The Hall–Kier alpha value is -2.75. The van der Waals surface area contributed by atoms with Crippen molar-refractivity contribution in [2.24, 2.45) is 5.73 Å². The lowest BCUT2D eigenvalue weighted by atomic mass is 9.93. The van der Waals surface area contributed by atoms with E-state index in [1.165, 1.54) is 6.07 Å². The van der Waals surface area contributed by atoms with E-state index < -0.39 is 22.0 Å². The second kappa shape index (κ2) is 10.2. The normalized spacial score (nSPS) is 19.7. The highest BCUT2D eigenvalue weighted by atomic mass is 32.2. The number of nitrogens with two attached hydrogens (primary N) is 1. The van der Waals surface area contributed by atoms with E-state index in [1.807, 2.05) is 24.3 Å². The molecular weight excluding hydrogens is 452 g/mol. The molecule has 0 aromatic heterocycles. The van der Waals surface area contributed by atoms with Gasteiger partial charge in [0.2, 0.25) is 21.8 Å². The molecule has 2 aromatic carbocycles. The molecule has 0 aliphatic carbocycles. The number of aryl methyl sites for hydroxylation is 1. The van der Waals surface area contributed by atoms with E-state index in [4.69, 9.17) is 5.73 Å².